The van der Waals surface area contributed by atoms with Gasteiger partial charge in [0, 0.05) is 6.07 Å². The van der Waals surface area contributed by atoms with Crippen LogP contribution in [0.3, 0.4) is 0 Å². The second kappa shape index (κ2) is 4.06. The van der Waals surface area contributed by atoms with Crippen molar-refractivity contribution in [3.8, 4) is 0 Å². The second-order valence-electron chi connectivity index (χ2n) is 3.15. The van der Waals surface area contributed by atoms with Crippen LogP contribution in [0.2, 0.25) is 0 Å². The van der Waals surface area contributed by atoms with Crippen molar-refractivity contribution in [1.29, 1.82) is 0 Å². The molecule has 0 saturated carbocycles. The molecule has 1 heterocycles. The molecule has 0 aliphatic carbocycles. The molecule has 17 heavy (non-hydrogen) atoms. The maximum atomic E-state index is 13.4. The first-order valence-corrected chi connectivity index (χ1v) is 5.96. The Morgan fingerprint density at radius 3 is 2.71 bits per heavy atom. The van der Waals surface area contributed by atoms with Crippen LogP contribution in [0.15, 0.2) is 39.9 Å². The van der Waals surface area contributed by atoms with Gasteiger partial charge in [0.25, 0.3) is 10.0 Å². The summed E-state index contributed by atoms with van der Waals surface area (Å²) in [6.07, 6.45) is 1.18. The molecule has 1 aromatic heterocycles. The topological polar surface area (TPSA) is 98.2 Å². The molecule has 0 bridgehead atoms. The summed E-state index contributed by atoms with van der Waals surface area (Å²) >= 11 is 0. The smallest absolute Gasteiger partial charge is 0.268 e. The van der Waals surface area contributed by atoms with Crippen molar-refractivity contribution in [2.45, 2.75) is 4.90 Å². The quantitative estimate of drug-likeness (QED) is 0.805. The van der Waals surface area contributed by atoms with Crippen molar-refractivity contribution in [1.82, 2.24) is 5.16 Å². The third-order valence-electron chi connectivity index (χ3n) is 1.94. The lowest BCUT2D eigenvalue weighted by atomic mass is 10.3. The highest BCUT2D eigenvalue weighted by atomic mass is 32.2. The third-order valence-corrected chi connectivity index (χ3v) is 3.39. The molecule has 0 aliphatic heterocycles. The van der Waals surface area contributed by atoms with E-state index in [0.717, 1.165) is 6.07 Å². The van der Waals surface area contributed by atoms with Crippen LogP contribution in [-0.2, 0) is 10.0 Å². The normalized spacial score (nSPS) is 11.4. The Kier molecular flexibility index (Phi) is 2.72. The molecule has 90 valence electrons. The minimum absolute atomic E-state index is 0.0485. The summed E-state index contributed by atoms with van der Waals surface area (Å²) in [5.74, 6) is -0.978. The van der Waals surface area contributed by atoms with E-state index in [0.29, 0.717) is 0 Å². The lowest BCUT2D eigenvalue weighted by Gasteiger charge is -2.08. The van der Waals surface area contributed by atoms with Crippen LogP contribution in [0.1, 0.15) is 0 Å². The largest absolute Gasteiger partial charge is 0.398 e. The molecule has 2 aromatic rings. The maximum Gasteiger partial charge on any atom is 0.268 e. The standard InChI is InChI=1S/C9H8FN3O3S/c10-6-2-1-3-7(11)9(6)17(14,15)13-8-4-5-16-12-8/h1-5H,11H2,(H,12,13). The van der Waals surface area contributed by atoms with Crippen molar-refractivity contribution in [2.24, 2.45) is 0 Å². The van der Waals surface area contributed by atoms with E-state index in [2.05, 4.69) is 9.68 Å². The molecular weight excluding hydrogens is 249 g/mol. The van der Waals surface area contributed by atoms with E-state index >= 15 is 0 Å². The zero-order valence-electron chi connectivity index (χ0n) is 8.42. The van der Waals surface area contributed by atoms with E-state index in [4.69, 9.17) is 5.73 Å². The van der Waals surface area contributed by atoms with Crippen molar-refractivity contribution < 1.29 is 17.3 Å². The number of sulfonamides is 1. The van der Waals surface area contributed by atoms with Crippen LogP contribution in [-0.4, -0.2) is 13.6 Å². The Bertz CT molecular complexity index is 605. The van der Waals surface area contributed by atoms with Gasteiger partial charge in [-0.1, -0.05) is 11.2 Å². The Labute approximate surface area is 96.3 Å². The van der Waals surface area contributed by atoms with E-state index in [1.807, 2.05) is 4.72 Å². The summed E-state index contributed by atoms with van der Waals surface area (Å²) in [6.45, 7) is 0. The lowest BCUT2D eigenvalue weighted by Crippen LogP contribution is -2.16. The van der Waals surface area contributed by atoms with Gasteiger partial charge in [0.1, 0.15) is 17.0 Å². The van der Waals surface area contributed by atoms with Crippen molar-refractivity contribution in [2.75, 3.05) is 10.5 Å². The zero-order chi connectivity index (χ0) is 12.5. The molecule has 0 saturated heterocycles. The van der Waals surface area contributed by atoms with Crippen LogP contribution in [0, 0.1) is 5.82 Å². The molecule has 0 fully saturated rings. The first kappa shape index (κ1) is 11.4. The SMILES string of the molecule is Nc1cccc(F)c1S(=O)(=O)Nc1ccon1. The summed E-state index contributed by atoms with van der Waals surface area (Å²) in [5.41, 5.74) is 5.25. The summed E-state index contributed by atoms with van der Waals surface area (Å²) in [7, 11) is -4.12. The van der Waals surface area contributed by atoms with Crippen LogP contribution in [0.5, 0.6) is 0 Å². The molecule has 0 atom stereocenters. The number of nitrogens with two attached hydrogens (primary N) is 1. The number of rotatable bonds is 3. The van der Waals surface area contributed by atoms with Gasteiger partial charge in [-0.15, -0.1) is 0 Å². The van der Waals surface area contributed by atoms with Gasteiger partial charge in [0.15, 0.2) is 5.82 Å². The van der Waals surface area contributed by atoms with E-state index in [9.17, 15) is 12.8 Å². The fraction of sp³-hybridized carbons (Fsp3) is 0. The van der Waals surface area contributed by atoms with Crippen LogP contribution in [0.4, 0.5) is 15.9 Å². The molecule has 0 spiro atoms. The Hall–Kier alpha value is -2.09. The van der Waals surface area contributed by atoms with Crippen molar-refractivity contribution in [3.63, 3.8) is 0 Å². The van der Waals surface area contributed by atoms with Crippen LogP contribution < -0.4 is 10.5 Å². The summed E-state index contributed by atoms with van der Waals surface area (Å²) in [5, 5.41) is 3.36. The van der Waals surface area contributed by atoms with Gasteiger partial charge in [0.2, 0.25) is 0 Å². The number of halogens is 1. The van der Waals surface area contributed by atoms with Gasteiger partial charge in [-0.3, -0.25) is 4.72 Å². The molecule has 8 heteroatoms. The fourth-order valence-electron chi connectivity index (χ4n) is 1.26. The van der Waals surface area contributed by atoms with Gasteiger partial charge in [-0.05, 0) is 12.1 Å². The number of nitrogens with one attached hydrogen (secondary N) is 1. The summed E-state index contributed by atoms with van der Waals surface area (Å²) < 4.78 is 43.6. The number of anilines is 2. The van der Waals surface area contributed by atoms with Crippen molar-refractivity contribution in [3.05, 3.63) is 36.3 Å². The zero-order valence-corrected chi connectivity index (χ0v) is 9.24. The highest BCUT2D eigenvalue weighted by Gasteiger charge is 2.22. The Balaban J connectivity index is 2.45. The molecule has 0 amide bonds. The number of benzene rings is 1. The van der Waals surface area contributed by atoms with Crippen LogP contribution >= 0.6 is 0 Å². The van der Waals surface area contributed by atoms with E-state index in [1.54, 1.807) is 0 Å². The number of hydrogen-bond acceptors (Lipinski definition) is 5. The number of nitrogen functional groups attached to an aromatic ring is 1. The minimum atomic E-state index is -4.12. The van der Waals surface area contributed by atoms with Gasteiger partial charge < -0.3 is 10.3 Å². The maximum absolute atomic E-state index is 13.4. The van der Waals surface area contributed by atoms with E-state index < -0.39 is 20.7 Å². The van der Waals surface area contributed by atoms with E-state index in [1.165, 1.54) is 24.5 Å². The van der Waals surface area contributed by atoms with Gasteiger partial charge in [-0.25, -0.2) is 12.8 Å². The first-order chi connectivity index (χ1) is 8.00. The first-order valence-electron chi connectivity index (χ1n) is 4.48. The van der Waals surface area contributed by atoms with Crippen molar-refractivity contribution >= 4 is 21.5 Å². The Morgan fingerprint density at radius 2 is 2.12 bits per heavy atom. The predicted molar refractivity (Wildman–Crippen MR) is 58.1 cm³/mol. The van der Waals surface area contributed by atoms with Gasteiger partial charge in [0.05, 0.1) is 5.69 Å². The predicted octanol–water partition coefficient (Wildman–Crippen LogP) is 1.20. The molecular formula is C9H8FN3O3S. The highest BCUT2D eigenvalue weighted by Crippen LogP contribution is 2.23. The van der Waals surface area contributed by atoms with Crippen LogP contribution in [0.25, 0.3) is 0 Å². The second-order valence-corrected chi connectivity index (χ2v) is 4.77. The molecule has 0 unspecified atom stereocenters. The molecule has 0 aliphatic rings. The number of nitrogens with zero attached hydrogens (tertiary/aromatic N) is 1. The monoisotopic (exact) mass is 257 g/mol. The molecule has 6 nitrogen and oxygen atoms in total. The molecule has 3 N–H and O–H groups in total. The average molecular weight is 257 g/mol. The lowest BCUT2D eigenvalue weighted by molar-refractivity contribution is 0.423. The molecule has 0 radical (unpaired) electrons. The third kappa shape index (κ3) is 2.21. The highest BCUT2D eigenvalue weighted by molar-refractivity contribution is 7.92. The number of aromatic nitrogens is 1. The van der Waals surface area contributed by atoms with Gasteiger partial charge >= 0.3 is 0 Å². The average Bonchev–Trinajstić information content (AvgIpc) is 2.68. The summed E-state index contributed by atoms with van der Waals surface area (Å²) in [6, 6.07) is 4.91. The minimum Gasteiger partial charge on any atom is -0.398 e. The van der Waals surface area contributed by atoms with Gasteiger partial charge in [-0.2, -0.15) is 0 Å². The summed E-state index contributed by atoms with van der Waals surface area (Å²) in [4.78, 5) is -0.608. The Morgan fingerprint density at radius 1 is 1.35 bits per heavy atom. The molecule has 1 aromatic carbocycles. The molecule has 2 rings (SSSR count). The van der Waals surface area contributed by atoms with E-state index in [-0.39, 0.29) is 11.5 Å². The fourth-order valence-corrected chi connectivity index (χ4v) is 2.45. The number of hydrogen-bond donors (Lipinski definition) is 2.